The Bertz CT molecular complexity index is 390. The van der Waals surface area contributed by atoms with E-state index in [-0.39, 0.29) is 11.9 Å². The molecule has 1 heterocycles. The summed E-state index contributed by atoms with van der Waals surface area (Å²) in [5, 5.41) is 6.28. The highest BCUT2D eigenvalue weighted by Gasteiger charge is 2.19. The molecule has 1 aliphatic rings. The number of amides is 1. The zero-order chi connectivity index (χ0) is 12.1. The van der Waals surface area contributed by atoms with E-state index in [1.54, 1.807) is 0 Å². The summed E-state index contributed by atoms with van der Waals surface area (Å²) >= 11 is 0. The van der Waals surface area contributed by atoms with Crippen LogP contribution in [0, 0.1) is 6.92 Å². The Morgan fingerprint density at radius 2 is 2.29 bits per heavy atom. The van der Waals surface area contributed by atoms with E-state index in [0.29, 0.717) is 0 Å². The van der Waals surface area contributed by atoms with Crippen LogP contribution in [0.3, 0.4) is 0 Å². The number of hydrogen-bond acceptors (Lipinski definition) is 2. The summed E-state index contributed by atoms with van der Waals surface area (Å²) in [7, 11) is 0. The molecule has 1 aromatic carbocycles. The van der Waals surface area contributed by atoms with Gasteiger partial charge >= 0.3 is 0 Å². The van der Waals surface area contributed by atoms with E-state index in [2.05, 4.69) is 41.8 Å². The molecular formula is C14H20N2O. The van der Waals surface area contributed by atoms with E-state index >= 15 is 0 Å². The van der Waals surface area contributed by atoms with Crippen molar-refractivity contribution in [2.24, 2.45) is 0 Å². The molecule has 0 radical (unpaired) electrons. The van der Waals surface area contributed by atoms with Crippen LogP contribution in [0.25, 0.3) is 0 Å². The minimum absolute atomic E-state index is 0.0296. The Balaban J connectivity index is 1.90. The number of rotatable bonds is 3. The molecule has 3 nitrogen and oxygen atoms in total. The average molecular weight is 232 g/mol. The number of carbonyl (C=O) groups excluding carboxylic acids is 1. The fraction of sp³-hybridized carbons (Fsp3) is 0.500. The second kappa shape index (κ2) is 5.82. The molecule has 1 saturated heterocycles. The van der Waals surface area contributed by atoms with Crippen molar-refractivity contribution in [3.8, 4) is 0 Å². The highest BCUT2D eigenvalue weighted by Crippen LogP contribution is 2.08. The van der Waals surface area contributed by atoms with Crippen molar-refractivity contribution >= 4 is 5.91 Å². The maximum Gasteiger partial charge on any atom is 0.237 e. The first kappa shape index (κ1) is 12.1. The average Bonchev–Trinajstić information content (AvgIpc) is 2.52. The fourth-order valence-electron chi connectivity index (χ4n) is 2.20. The normalized spacial score (nSPS) is 20.8. The fourth-order valence-corrected chi connectivity index (χ4v) is 2.20. The van der Waals surface area contributed by atoms with Crippen molar-refractivity contribution in [3.63, 3.8) is 0 Å². The third kappa shape index (κ3) is 3.56. The Labute approximate surface area is 103 Å². The van der Waals surface area contributed by atoms with Gasteiger partial charge in [-0.15, -0.1) is 0 Å². The lowest BCUT2D eigenvalue weighted by Gasteiger charge is -2.15. The van der Waals surface area contributed by atoms with Gasteiger partial charge in [-0.1, -0.05) is 29.8 Å². The summed E-state index contributed by atoms with van der Waals surface area (Å²) in [5.74, 6) is 0.148. The smallest absolute Gasteiger partial charge is 0.237 e. The lowest BCUT2D eigenvalue weighted by atomic mass is 10.1. The highest BCUT2D eigenvalue weighted by atomic mass is 16.2. The SMILES string of the molecule is Cc1cccc(CNC2CCCCNC2=O)c1. The molecule has 2 N–H and O–H groups in total. The first-order valence-corrected chi connectivity index (χ1v) is 6.32. The third-order valence-corrected chi connectivity index (χ3v) is 3.17. The number of aryl methyl sites for hydroxylation is 1. The van der Waals surface area contributed by atoms with Crippen molar-refractivity contribution in [1.29, 1.82) is 0 Å². The van der Waals surface area contributed by atoms with Crippen LogP contribution in [-0.4, -0.2) is 18.5 Å². The van der Waals surface area contributed by atoms with Crippen molar-refractivity contribution in [1.82, 2.24) is 10.6 Å². The molecule has 0 spiro atoms. The van der Waals surface area contributed by atoms with Crippen LogP contribution in [0.2, 0.25) is 0 Å². The molecule has 1 aliphatic heterocycles. The summed E-state index contributed by atoms with van der Waals surface area (Å²) < 4.78 is 0. The van der Waals surface area contributed by atoms with Crippen molar-refractivity contribution in [2.75, 3.05) is 6.54 Å². The molecule has 1 aromatic rings. The minimum atomic E-state index is -0.0296. The standard InChI is InChI=1S/C14H20N2O/c1-11-5-4-6-12(9-11)10-16-13-7-2-3-8-15-14(13)17/h4-6,9,13,16H,2-3,7-8,10H2,1H3,(H,15,17). The summed E-state index contributed by atoms with van der Waals surface area (Å²) in [4.78, 5) is 11.7. The van der Waals surface area contributed by atoms with Crippen LogP contribution >= 0.6 is 0 Å². The van der Waals surface area contributed by atoms with Crippen molar-refractivity contribution in [2.45, 2.75) is 38.8 Å². The predicted molar refractivity (Wildman–Crippen MR) is 68.7 cm³/mol. The van der Waals surface area contributed by atoms with Gasteiger partial charge in [0.1, 0.15) is 0 Å². The second-order valence-electron chi connectivity index (χ2n) is 4.71. The zero-order valence-electron chi connectivity index (χ0n) is 10.3. The number of benzene rings is 1. The molecule has 17 heavy (non-hydrogen) atoms. The van der Waals surface area contributed by atoms with Gasteiger partial charge in [0, 0.05) is 13.1 Å². The minimum Gasteiger partial charge on any atom is -0.355 e. The van der Waals surface area contributed by atoms with Crippen LogP contribution in [0.1, 0.15) is 30.4 Å². The van der Waals surface area contributed by atoms with Crippen molar-refractivity contribution < 1.29 is 4.79 Å². The largest absolute Gasteiger partial charge is 0.355 e. The molecule has 1 amide bonds. The zero-order valence-corrected chi connectivity index (χ0v) is 10.3. The van der Waals surface area contributed by atoms with Gasteiger partial charge in [0.25, 0.3) is 0 Å². The summed E-state index contributed by atoms with van der Waals surface area (Å²) in [6, 6.07) is 8.36. The van der Waals surface area contributed by atoms with Crippen LogP contribution in [0.5, 0.6) is 0 Å². The van der Waals surface area contributed by atoms with E-state index in [1.807, 2.05) is 0 Å². The van der Waals surface area contributed by atoms with Crippen molar-refractivity contribution in [3.05, 3.63) is 35.4 Å². The quantitative estimate of drug-likeness (QED) is 0.833. The van der Waals surface area contributed by atoms with Gasteiger partial charge in [0.05, 0.1) is 6.04 Å². The van der Waals surface area contributed by atoms with Gasteiger partial charge < -0.3 is 10.6 Å². The van der Waals surface area contributed by atoms with Gasteiger partial charge in [-0.3, -0.25) is 4.79 Å². The Hall–Kier alpha value is -1.35. The maximum absolute atomic E-state index is 11.7. The molecule has 2 rings (SSSR count). The van der Waals surface area contributed by atoms with E-state index in [9.17, 15) is 4.79 Å². The van der Waals surface area contributed by atoms with E-state index < -0.39 is 0 Å². The summed E-state index contributed by atoms with van der Waals surface area (Å²) in [5.41, 5.74) is 2.50. The number of nitrogens with one attached hydrogen (secondary N) is 2. The molecule has 92 valence electrons. The molecule has 1 fully saturated rings. The molecule has 0 aromatic heterocycles. The van der Waals surface area contributed by atoms with Gasteiger partial charge in [-0.05, 0) is 31.7 Å². The van der Waals surface area contributed by atoms with Gasteiger partial charge in [-0.25, -0.2) is 0 Å². The third-order valence-electron chi connectivity index (χ3n) is 3.17. The first-order valence-electron chi connectivity index (χ1n) is 6.32. The monoisotopic (exact) mass is 232 g/mol. The van der Waals surface area contributed by atoms with E-state index in [1.165, 1.54) is 11.1 Å². The molecule has 0 bridgehead atoms. The molecule has 0 aliphatic carbocycles. The van der Waals surface area contributed by atoms with Crippen LogP contribution in [0.15, 0.2) is 24.3 Å². The molecule has 1 atom stereocenters. The molecule has 1 unspecified atom stereocenters. The van der Waals surface area contributed by atoms with E-state index in [4.69, 9.17) is 0 Å². The van der Waals surface area contributed by atoms with Crippen LogP contribution in [0.4, 0.5) is 0 Å². The first-order chi connectivity index (χ1) is 8.25. The number of hydrogen-bond donors (Lipinski definition) is 2. The Kier molecular flexibility index (Phi) is 4.15. The molecule has 3 heteroatoms. The van der Waals surface area contributed by atoms with Crippen LogP contribution in [-0.2, 0) is 11.3 Å². The Morgan fingerprint density at radius 3 is 3.12 bits per heavy atom. The molecular weight excluding hydrogens is 212 g/mol. The predicted octanol–water partition coefficient (Wildman–Crippen LogP) is 1.75. The second-order valence-corrected chi connectivity index (χ2v) is 4.71. The molecule has 0 saturated carbocycles. The van der Waals surface area contributed by atoms with Gasteiger partial charge in [-0.2, -0.15) is 0 Å². The number of carbonyl (C=O) groups is 1. The van der Waals surface area contributed by atoms with Gasteiger partial charge in [0.2, 0.25) is 5.91 Å². The Morgan fingerprint density at radius 1 is 1.41 bits per heavy atom. The lowest BCUT2D eigenvalue weighted by molar-refractivity contribution is -0.122. The summed E-state index contributed by atoms with van der Waals surface area (Å²) in [6.45, 7) is 3.67. The topological polar surface area (TPSA) is 41.1 Å². The van der Waals surface area contributed by atoms with Crippen LogP contribution < -0.4 is 10.6 Å². The highest BCUT2D eigenvalue weighted by molar-refractivity contribution is 5.81. The summed E-state index contributed by atoms with van der Waals surface area (Å²) in [6.07, 6.45) is 3.15. The lowest BCUT2D eigenvalue weighted by Crippen LogP contribution is -2.42. The van der Waals surface area contributed by atoms with Gasteiger partial charge in [0.15, 0.2) is 0 Å². The maximum atomic E-state index is 11.7. The van der Waals surface area contributed by atoms with E-state index in [0.717, 1.165) is 32.4 Å².